The van der Waals surface area contributed by atoms with Crippen LogP contribution < -0.4 is 5.73 Å². The normalized spacial score (nSPS) is 23.2. The molecule has 1 fully saturated rings. The minimum atomic E-state index is -4.50. The molecular weight excluding hydrogens is 349 g/mol. The smallest absolute Gasteiger partial charge is 0.337 e. The van der Waals surface area contributed by atoms with E-state index in [0.29, 0.717) is 19.0 Å². The van der Waals surface area contributed by atoms with E-state index in [4.69, 9.17) is 5.73 Å². The summed E-state index contributed by atoms with van der Waals surface area (Å²) < 4.78 is 38.5. The molecule has 0 bridgehead atoms. The first kappa shape index (κ1) is 16.3. The van der Waals surface area contributed by atoms with Crippen LogP contribution in [0.2, 0.25) is 0 Å². The number of likely N-dealkylation sites (tertiary alicyclic amines) is 1. The van der Waals surface area contributed by atoms with Crippen molar-refractivity contribution < 1.29 is 18.0 Å². The van der Waals surface area contributed by atoms with Gasteiger partial charge in [-0.2, -0.15) is 13.2 Å². The molecule has 1 aliphatic heterocycles. The Kier molecular flexibility index (Phi) is 4.63. The SMILES string of the molecule is CC1CCN(C(=O)c2ccc(Br)c(C(F)(F)F)c2)CC1N. The van der Waals surface area contributed by atoms with Crippen molar-refractivity contribution in [3.05, 3.63) is 33.8 Å². The fourth-order valence-electron chi connectivity index (χ4n) is 2.34. The van der Waals surface area contributed by atoms with Crippen LogP contribution in [0.25, 0.3) is 0 Å². The minimum Gasteiger partial charge on any atom is -0.337 e. The van der Waals surface area contributed by atoms with Gasteiger partial charge in [0.15, 0.2) is 0 Å². The van der Waals surface area contributed by atoms with Crippen LogP contribution >= 0.6 is 15.9 Å². The Bertz CT molecular complexity index is 548. The van der Waals surface area contributed by atoms with Gasteiger partial charge >= 0.3 is 6.18 Å². The van der Waals surface area contributed by atoms with Gasteiger partial charge in [0.2, 0.25) is 0 Å². The van der Waals surface area contributed by atoms with Gasteiger partial charge in [-0.05, 0) is 30.5 Å². The molecular formula is C14H16BrF3N2O. The van der Waals surface area contributed by atoms with Crippen molar-refractivity contribution in [3.8, 4) is 0 Å². The molecule has 0 saturated carbocycles. The van der Waals surface area contributed by atoms with Crippen LogP contribution in [0, 0.1) is 5.92 Å². The molecule has 1 aromatic carbocycles. The van der Waals surface area contributed by atoms with Crippen molar-refractivity contribution in [1.29, 1.82) is 0 Å². The highest BCUT2D eigenvalue weighted by Gasteiger charge is 2.34. The molecule has 7 heteroatoms. The van der Waals surface area contributed by atoms with Gasteiger partial charge in [-0.25, -0.2) is 0 Å². The number of hydrogen-bond acceptors (Lipinski definition) is 2. The molecule has 2 unspecified atom stereocenters. The highest BCUT2D eigenvalue weighted by molar-refractivity contribution is 9.10. The van der Waals surface area contributed by atoms with E-state index in [1.54, 1.807) is 0 Å². The average molecular weight is 365 g/mol. The summed E-state index contributed by atoms with van der Waals surface area (Å²) in [7, 11) is 0. The number of carbonyl (C=O) groups excluding carboxylic acids is 1. The molecule has 0 aliphatic carbocycles. The van der Waals surface area contributed by atoms with E-state index >= 15 is 0 Å². The number of benzene rings is 1. The van der Waals surface area contributed by atoms with Crippen molar-refractivity contribution >= 4 is 21.8 Å². The fourth-order valence-corrected chi connectivity index (χ4v) is 2.81. The summed E-state index contributed by atoms with van der Waals surface area (Å²) in [5.74, 6) is -0.0972. The van der Waals surface area contributed by atoms with E-state index in [1.165, 1.54) is 17.0 Å². The highest BCUT2D eigenvalue weighted by Crippen LogP contribution is 2.35. The van der Waals surface area contributed by atoms with Crippen LogP contribution in [-0.2, 0) is 6.18 Å². The number of rotatable bonds is 1. The Morgan fingerprint density at radius 1 is 1.43 bits per heavy atom. The topological polar surface area (TPSA) is 46.3 Å². The molecule has 1 saturated heterocycles. The number of halogens is 4. The average Bonchev–Trinajstić information content (AvgIpc) is 2.40. The first-order chi connectivity index (χ1) is 9.70. The second-order valence-corrected chi connectivity index (χ2v) is 6.23. The molecule has 1 heterocycles. The third kappa shape index (κ3) is 3.58. The standard InChI is InChI=1S/C14H16BrF3N2O/c1-8-4-5-20(7-12(8)19)13(21)9-2-3-11(15)10(6-9)14(16,17)18/h2-3,6,8,12H,4-5,7,19H2,1H3. The molecule has 2 atom stereocenters. The predicted octanol–water partition coefficient (Wildman–Crippen LogP) is 3.28. The number of alkyl halides is 3. The van der Waals surface area contributed by atoms with E-state index < -0.39 is 17.6 Å². The summed E-state index contributed by atoms with van der Waals surface area (Å²) in [6, 6.07) is 3.39. The molecule has 1 aliphatic rings. The summed E-state index contributed by atoms with van der Waals surface area (Å²) in [5, 5.41) is 0. The number of nitrogens with two attached hydrogens (primary N) is 1. The Morgan fingerprint density at radius 2 is 2.10 bits per heavy atom. The van der Waals surface area contributed by atoms with Crippen LogP contribution in [0.15, 0.2) is 22.7 Å². The molecule has 0 aromatic heterocycles. The predicted molar refractivity (Wildman–Crippen MR) is 76.8 cm³/mol. The summed E-state index contributed by atoms with van der Waals surface area (Å²) in [5.41, 5.74) is 5.12. The third-order valence-corrected chi connectivity index (χ3v) is 4.51. The van der Waals surface area contributed by atoms with Gasteiger partial charge < -0.3 is 10.6 Å². The van der Waals surface area contributed by atoms with Crippen LogP contribution in [0.1, 0.15) is 29.3 Å². The largest absolute Gasteiger partial charge is 0.417 e. The lowest BCUT2D eigenvalue weighted by atomic mass is 9.94. The van der Waals surface area contributed by atoms with Crippen molar-refractivity contribution in [2.75, 3.05) is 13.1 Å². The third-order valence-electron chi connectivity index (χ3n) is 3.82. The minimum absolute atomic E-state index is 0.0345. The lowest BCUT2D eigenvalue weighted by Gasteiger charge is -2.35. The number of hydrogen-bond donors (Lipinski definition) is 1. The van der Waals surface area contributed by atoms with Gasteiger partial charge in [0.1, 0.15) is 0 Å². The zero-order valence-electron chi connectivity index (χ0n) is 11.5. The molecule has 2 N–H and O–H groups in total. The zero-order chi connectivity index (χ0) is 15.8. The van der Waals surface area contributed by atoms with Gasteiger partial charge in [-0.15, -0.1) is 0 Å². The lowest BCUT2D eigenvalue weighted by molar-refractivity contribution is -0.138. The molecule has 1 aromatic rings. The Hall–Kier alpha value is -1.08. The second kappa shape index (κ2) is 5.96. The van der Waals surface area contributed by atoms with E-state index in [2.05, 4.69) is 15.9 Å². The quantitative estimate of drug-likeness (QED) is 0.830. The Labute approximate surface area is 129 Å². The molecule has 116 valence electrons. The van der Waals surface area contributed by atoms with E-state index in [9.17, 15) is 18.0 Å². The maximum Gasteiger partial charge on any atom is 0.417 e. The summed E-state index contributed by atoms with van der Waals surface area (Å²) >= 11 is 2.86. The van der Waals surface area contributed by atoms with E-state index in [0.717, 1.165) is 12.5 Å². The Morgan fingerprint density at radius 3 is 2.67 bits per heavy atom. The Balaban J connectivity index is 2.24. The molecule has 3 nitrogen and oxygen atoms in total. The van der Waals surface area contributed by atoms with Gasteiger partial charge in [0, 0.05) is 29.2 Å². The molecule has 0 radical (unpaired) electrons. The van der Waals surface area contributed by atoms with Crippen LogP contribution in [-0.4, -0.2) is 29.9 Å². The molecule has 1 amide bonds. The maximum atomic E-state index is 12.9. The van der Waals surface area contributed by atoms with Gasteiger partial charge in [0.25, 0.3) is 5.91 Å². The lowest BCUT2D eigenvalue weighted by Crippen LogP contribution is -2.49. The van der Waals surface area contributed by atoms with Crippen LogP contribution in [0.4, 0.5) is 13.2 Å². The zero-order valence-corrected chi connectivity index (χ0v) is 13.0. The number of piperidine rings is 1. The summed E-state index contributed by atoms with van der Waals surface area (Å²) in [6.45, 7) is 2.90. The van der Waals surface area contributed by atoms with Crippen molar-refractivity contribution in [2.45, 2.75) is 25.6 Å². The van der Waals surface area contributed by atoms with Gasteiger partial charge in [-0.3, -0.25) is 4.79 Å². The van der Waals surface area contributed by atoms with E-state index in [-0.39, 0.29) is 16.1 Å². The highest BCUT2D eigenvalue weighted by atomic mass is 79.9. The number of amides is 1. The summed E-state index contributed by atoms with van der Waals surface area (Å²) in [6.07, 6.45) is -3.74. The second-order valence-electron chi connectivity index (χ2n) is 5.37. The van der Waals surface area contributed by atoms with Crippen molar-refractivity contribution in [1.82, 2.24) is 4.90 Å². The number of nitrogens with zero attached hydrogens (tertiary/aromatic N) is 1. The first-order valence-corrected chi connectivity index (χ1v) is 7.41. The summed E-state index contributed by atoms with van der Waals surface area (Å²) in [4.78, 5) is 13.9. The van der Waals surface area contributed by atoms with Gasteiger partial charge in [-0.1, -0.05) is 22.9 Å². The molecule has 2 rings (SSSR count). The van der Waals surface area contributed by atoms with E-state index in [1.807, 2.05) is 6.92 Å². The monoisotopic (exact) mass is 364 g/mol. The molecule has 0 spiro atoms. The van der Waals surface area contributed by atoms with Gasteiger partial charge in [0.05, 0.1) is 5.56 Å². The fraction of sp³-hybridized carbons (Fsp3) is 0.500. The first-order valence-electron chi connectivity index (χ1n) is 6.61. The van der Waals surface area contributed by atoms with Crippen LogP contribution in [0.3, 0.4) is 0 Å². The maximum absolute atomic E-state index is 12.9. The molecule has 21 heavy (non-hydrogen) atoms. The van der Waals surface area contributed by atoms with Crippen molar-refractivity contribution in [3.63, 3.8) is 0 Å². The van der Waals surface area contributed by atoms with Crippen LogP contribution in [0.5, 0.6) is 0 Å². The number of carbonyl (C=O) groups is 1. The van der Waals surface area contributed by atoms with Crippen molar-refractivity contribution in [2.24, 2.45) is 11.7 Å².